The van der Waals surface area contributed by atoms with Gasteiger partial charge in [-0.25, -0.2) is 0 Å². The van der Waals surface area contributed by atoms with E-state index in [1.165, 1.54) is 5.56 Å². The molecule has 0 bridgehead atoms. The molecular weight excluding hydrogens is 428 g/mol. The van der Waals surface area contributed by atoms with Gasteiger partial charge >= 0.3 is 0 Å². The lowest BCUT2D eigenvalue weighted by atomic mass is 9.96. The highest BCUT2D eigenvalue weighted by atomic mass is 16.3. The number of fused-ring (bicyclic) bond motifs is 6. The Kier molecular flexibility index (Phi) is 5.81. The number of nitrogens with zero attached hydrogens (tertiary/aromatic N) is 3. The average molecular weight is 461 g/mol. The molecule has 34 heavy (non-hydrogen) atoms. The Morgan fingerprint density at radius 2 is 1.91 bits per heavy atom. The molecule has 0 aliphatic carbocycles. The predicted octanol–water partition coefficient (Wildman–Crippen LogP) is 3.31. The number of hydrogen-bond donors (Lipinski definition) is 2. The molecule has 0 saturated heterocycles. The van der Waals surface area contributed by atoms with Crippen molar-refractivity contribution >= 4 is 28.4 Å². The molecule has 2 amide bonds. The second kappa shape index (κ2) is 8.80. The summed E-state index contributed by atoms with van der Waals surface area (Å²) in [6, 6.07) is 15.6. The van der Waals surface area contributed by atoms with E-state index in [2.05, 4.69) is 27.8 Å². The van der Waals surface area contributed by atoms with Gasteiger partial charge in [-0.15, -0.1) is 0 Å². The van der Waals surface area contributed by atoms with Gasteiger partial charge in [-0.05, 0) is 36.1 Å². The number of hydrogen-bond acceptors (Lipinski definition) is 4. The van der Waals surface area contributed by atoms with Gasteiger partial charge in [0.2, 0.25) is 5.91 Å². The third-order valence-electron chi connectivity index (χ3n) is 7.58. The van der Waals surface area contributed by atoms with Crippen LogP contribution in [0.1, 0.15) is 48.0 Å². The fraction of sp³-hybridized carbons (Fsp3) is 0.407. The molecule has 3 heterocycles. The van der Waals surface area contributed by atoms with E-state index in [1.54, 1.807) is 0 Å². The molecule has 3 aromatic rings. The first-order valence-corrected chi connectivity index (χ1v) is 12.1. The van der Waals surface area contributed by atoms with Gasteiger partial charge in [-0.1, -0.05) is 50.6 Å². The maximum Gasteiger partial charge on any atom is 0.257 e. The van der Waals surface area contributed by atoms with Gasteiger partial charge in [-0.2, -0.15) is 0 Å². The second-order valence-electron chi connectivity index (χ2n) is 9.46. The van der Waals surface area contributed by atoms with E-state index in [4.69, 9.17) is 0 Å². The van der Waals surface area contributed by atoms with Crippen LogP contribution in [-0.2, 0) is 17.8 Å². The standard InChI is InChI=1S/C27H32N4O3/c1-4-17(2)21(16-32)28-24(33)15-31-23-12-8-5-9-18(23)19-13-14-30-26(25(19)31)29(3)22-11-7-6-10-20(22)27(30)34/h5-12,17,21,26,32H,4,13-16H2,1-3H3,(H,28,33). The fourth-order valence-electron chi connectivity index (χ4n) is 5.53. The topological polar surface area (TPSA) is 77.8 Å². The van der Waals surface area contributed by atoms with Gasteiger partial charge in [0.05, 0.1) is 29.6 Å². The minimum absolute atomic E-state index is 0.0303. The number of amides is 2. The lowest BCUT2D eigenvalue weighted by Gasteiger charge is -2.46. The quantitative estimate of drug-likeness (QED) is 0.592. The van der Waals surface area contributed by atoms with Crippen molar-refractivity contribution in [1.82, 2.24) is 14.8 Å². The SMILES string of the molecule is CCC(C)C(CO)NC(=O)Cn1c2c(c3ccccc31)CCN1C(=O)c3ccccc3N(C)C21. The summed E-state index contributed by atoms with van der Waals surface area (Å²) in [6.45, 7) is 4.77. The summed E-state index contributed by atoms with van der Waals surface area (Å²) in [7, 11) is 2.02. The van der Waals surface area contributed by atoms with Crippen LogP contribution in [0.25, 0.3) is 10.9 Å². The largest absolute Gasteiger partial charge is 0.394 e. The number of aromatic nitrogens is 1. The number of carbonyl (C=O) groups is 2. The normalized spacial score (nSPS) is 18.8. The van der Waals surface area contributed by atoms with Gasteiger partial charge in [0.25, 0.3) is 5.91 Å². The zero-order valence-electron chi connectivity index (χ0n) is 20.0. The van der Waals surface area contributed by atoms with Gasteiger partial charge < -0.3 is 24.8 Å². The molecule has 3 atom stereocenters. The molecule has 5 rings (SSSR count). The van der Waals surface area contributed by atoms with E-state index in [0.717, 1.165) is 35.1 Å². The molecule has 2 aliphatic heterocycles. The number of rotatable bonds is 6. The van der Waals surface area contributed by atoms with Crippen molar-refractivity contribution in [3.63, 3.8) is 0 Å². The van der Waals surface area contributed by atoms with Crippen molar-refractivity contribution in [2.45, 2.75) is 45.4 Å². The number of carbonyl (C=O) groups excluding carboxylic acids is 2. The summed E-state index contributed by atoms with van der Waals surface area (Å²) >= 11 is 0. The third kappa shape index (κ3) is 3.46. The summed E-state index contributed by atoms with van der Waals surface area (Å²) in [5.74, 6) is 0.0753. The van der Waals surface area contributed by atoms with Crippen molar-refractivity contribution in [2.75, 3.05) is 25.1 Å². The molecule has 2 N–H and O–H groups in total. The number of para-hydroxylation sites is 2. The van der Waals surface area contributed by atoms with E-state index in [-0.39, 0.29) is 43.1 Å². The first-order chi connectivity index (χ1) is 16.5. The van der Waals surface area contributed by atoms with Crippen LogP contribution in [0.4, 0.5) is 5.69 Å². The van der Waals surface area contributed by atoms with Crippen LogP contribution in [0.3, 0.4) is 0 Å². The minimum Gasteiger partial charge on any atom is -0.394 e. The number of anilines is 1. The highest BCUT2D eigenvalue weighted by Crippen LogP contribution is 2.44. The predicted molar refractivity (Wildman–Crippen MR) is 133 cm³/mol. The summed E-state index contributed by atoms with van der Waals surface area (Å²) < 4.78 is 2.07. The van der Waals surface area contributed by atoms with Crippen molar-refractivity contribution in [1.29, 1.82) is 0 Å². The number of benzene rings is 2. The highest BCUT2D eigenvalue weighted by Gasteiger charge is 2.42. The van der Waals surface area contributed by atoms with Gasteiger partial charge in [0, 0.05) is 24.5 Å². The van der Waals surface area contributed by atoms with Crippen LogP contribution in [0.15, 0.2) is 48.5 Å². The van der Waals surface area contributed by atoms with Crippen LogP contribution in [-0.4, -0.2) is 52.6 Å². The van der Waals surface area contributed by atoms with Crippen LogP contribution in [0, 0.1) is 5.92 Å². The van der Waals surface area contributed by atoms with E-state index < -0.39 is 0 Å². The monoisotopic (exact) mass is 460 g/mol. The van der Waals surface area contributed by atoms with Crippen LogP contribution in [0.2, 0.25) is 0 Å². The Bertz CT molecular complexity index is 1250. The Labute approximate surface area is 200 Å². The molecule has 0 spiro atoms. The average Bonchev–Trinajstić information content (AvgIpc) is 3.18. The summed E-state index contributed by atoms with van der Waals surface area (Å²) in [6.07, 6.45) is 1.33. The van der Waals surface area contributed by atoms with E-state index in [0.29, 0.717) is 12.1 Å². The van der Waals surface area contributed by atoms with Crippen LogP contribution < -0.4 is 10.2 Å². The lowest BCUT2D eigenvalue weighted by molar-refractivity contribution is -0.123. The third-order valence-corrected chi connectivity index (χ3v) is 7.58. The first kappa shape index (κ1) is 22.5. The molecule has 3 unspecified atom stereocenters. The molecule has 178 valence electrons. The van der Waals surface area contributed by atoms with Crippen molar-refractivity contribution < 1.29 is 14.7 Å². The van der Waals surface area contributed by atoms with Gasteiger partial charge in [0.15, 0.2) is 0 Å². The summed E-state index contributed by atoms with van der Waals surface area (Å²) in [5.41, 5.74) is 4.80. The zero-order valence-corrected chi connectivity index (χ0v) is 20.0. The summed E-state index contributed by atoms with van der Waals surface area (Å²) in [4.78, 5) is 30.7. The Hall–Kier alpha value is -3.32. The number of aliphatic hydroxyl groups excluding tert-OH is 1. The minimum atomic E-state index is -0.283. The van der Waals surface area contributed by atoms with Crippen LogP contribution in [0.5, 0.6) is 0 Å². The molecule has 0 radical (unpaired) electrons. The number of aliphatic hydroxyl groups is 1. The molecule has 2 aliphatic rings. The van der Waals surface area contributed by atoms with Crippen molar-refractivity contribution in [2.24, 2.45) is 5.92 Å². The van der Waals surface area contributed by atoms with Crippen LogP contribution >= 0.6 is 0 Å². The molecule has 2 aromatic carbocycles. The maximum atomic E-state index is 13.4. The smallest absolute Gasteiger partial charge is 0.257 e. The molecule has 0 saturated carbocycles. The van der Waals surface area contributed by atoms with E-state index >= 15 is 0 Å². The van der Waals surface area contributed by atoms with E-state index in [9.17, 15) is 14.7 Å². The molecular formula is C27H32N4O3. The Morgan fingerprint density at radius 3 is 2.68 bits per heavy atom. The van der Waals surface area contributed by atoms with Crippen molar-refractivity contribution in [3.05, 3.63) is 65.4 Å². The highest BCUT2D eigenvalue weighted by molar-refractivity contribution is 6.02. The second-order valence-corrected chi connectivity index (χ2v) is 9.46. The Balaban J connectivity index is 1.59. The first-order valence-electron chi connectivity index (χ1n) is 12.1. The Morgan fingerprint density at radius 1 is 1.18 bits per heavy atom. The molecule has 0 fully saturated rings. The van der Waals surface area contributed by atoms with Gasteiger partial charge in [-0.3, -0.25) is 9.59 Å². The van der Waals surface area contributed by atoms with E-state index in [1.807, 2.05) is 61.3 Å². The fourth-order valence-corrected chi connectivity index (χ4v) is 5.53. The molecule has 7 heteroatoms. The molecule has 7 nitrogen and oxygen atoms in total. The number of nitrogens with one attached hydrogen (secondary N) is 1. The maximum absolute atomic E-state index is 13.4. The zero-order chi connectivity index (χ0) is 24.0. The lowest BCUT2D eigenvalue weighted by Crippen LogP contribution is -2.52. The van der Waals surface area contributed by atoms with Crippen molar-refractivity contribution in [3.8, 4) is 0 Å². The molecule has 1 aromatic heterocycles. The summed E-state index contributed by atoms with van der Waals surface area (Å²) in [5, 5.41) is 14.0. The van der Waals surface area contributed by atoms with Gasteiger partial charge in [0.1, 0.15) is 12.7 Å².